The van der Waals surface area contributed by atoms with E-state index in [1.165, 1.54) is 167 Å². The Hall–Kier alpha value is -1.67. The lowest BCUT2D eigenvalue weighted by Gasteiger charge is -2.40. The van der Waals surface area contributed by atoms with Crippen LogP contribution in [0.15, 0.2) is 36.5 Å². The Morgan fingerprint density at radius 2 is 0.833 bits per heavy atom. The molecule has 0 aliphatic carbocycles. The van der Waals surface area contributed by atoms with Crippen molar-refractivity contribution in [3.05, 3.63) is 36.5 Å². The molecule has 0 aromatic carbocycles. The van der Waals surface area contributed by atoms with Crippen LogP contribution < -0.4 is 5.32 Å². The highest BCUT2D eigenvalue weighted by Gasteiger charge is 2.44. The number of nitrogens with one attached hydrogen (secondary N) is 1. The zero-order chi connectivity index (χ0) is 52.5. The predicted octanol–water partition coefficient (Wildman–Crippen LogP) is 13.1. The number of allylic oxidation sites excluding steroid dienone is 6. The SMILES string of the molecule is CCCCCC/C=C\CCCCCCCCC(O)C(=O)NC(COC1OC(CO)C(O)C(O)C1O)C(O)C(O)CCC/C=C/CC/C=C/CCCCCCCCCCCCCCCCCCCCCCCC. The average Bonchev–Trinajstić information content (AvgIpc) is 3.38. The Labute approximate surface area is 441 Å². The molecule has 0 saturated carbocycles. The van der Waals surface area contributed by atoms with Crippen LogP contribution in [-0.2, 0) is 14.3 Å². The third-order valence-electron chi connectivity index (χ3n) is 14.6. The number of amides is 1. The summed E-state index contributed by atoms with van der Waals surface area (Å²) in [5.74, 6) is -0.715. The quantitative estimate of drug-likeness (QED) is 0.0215. The molecular weight excluding hydrogens is 907 g/mol. The standard InChI is InChI=1S/C61H115NO10/c1-3-5-7-9-11-13-15-17-19-20-21-22-23-24-25-26-27-28-29-30-31-32-33-34-35-37-38-40-42-44-46-48-53(64)56(66)52(51-71-61-59(69)58(68)57(67)55(50-63)72-61)62-60(70)54(65)49-47-45-43-41-39-36-18-16-14-12-10-8-6-4-2/h14,16,34-35,40,42,52-59,61,63-69H,3-13,15,17-33,36-39,41,43-51H2,1-2H3,(H,62,70)/b16-14-,35-34+,42-40+. The maximum absolute atomic E-state index is 13.1. The summed E-state index contributed by atoms with van der Waals surface area (Å²) in [6.07, 6.45) is 50.8. The summed E-state index contributed by atoms with van der Waals surface area (Å²) in [5.41, 5.74) is 0. The maximum Gasteiger partial charge on any atom is 0.249 e. The van der Waals surface area contributed by atoms with Crippen molar-refractivity contribution in [1.82, 2.24) is 5.32 Å². The molecule has 0 bridgehead atoms. The summed E-state index contributed by atoms with van der Waals surface area (Å²) in [7, 11) is 0. The lowest BCUT2D eigenvalue weighted by atomic mass is 9.98. The largest absolute Gasteiger partial charge is 0.394 e. The summed E-state index contributed by atoms with van der Waals surface area (Å²) >= 11 is 0. The smallest absolute Gasteiger partial charge is 0.249 e. The molecule has 9 atom stereocenters. The molecule has 1 saturated heterocycles. The number of aliphatic hydroxyl groups excluding tert-OH is 7. The summed E-state index contributed by atoms with van der Waals surface area (Å²) in [6, 6.07) is -1.19. The Morgan fingerprint density at radius 3 is 1.25 bits per heavy atom. The van der Waals surface area contributed by atoms with Gasteiger partial charge >= 0.3 is 0 Å². The topological polar surface area (TPSA) is 189 Å². The van der Waals surface area contributed by atoms with Crippen molar-refractivity contribution in [2.75, 3.05) is 13.2 Å². The monoisotopic (exact) mass is 1020 g/mol. The molecule has 0 spiro atoms. The number of aliphatic hydroxyl groups is 7. The average molecular weight is 1020 g/mol. The number of carbonyl (C=O) groups is 1. The zero-order valence-electron chi connectivity index (χ0n) is 46.4. The molecule has 8 N–H and O–H groups in total. The van der Waals surface area contributed by atoms with E-state index in [0.29, 0.717) is 19.3 Å². The zero-order valence-corrected chi connectivity index (χ0v) is 46.4. The van der Waals surface area contributed by atoms with Crippen LogP contribution in [0.1, 0.15) is 277 Å². The van der Waals surface area contributed by atoms with E-state index >= 15 is 0 Å². The van der Waals surface area contributed by atoms with E-state index in [1.54, 1.807) is 0 Å². The Balaban J connectivity index is 2.26. The molecule has 9 unspecified atom stereocenters. The van der Waals surface area contributed by atoms with Gasteiger partial charge in [-0.05, 0) is 77.0 Å². The van der Waals surface area contributed by atoms with Gasteiger partial charge in [0.05, 0.1) is 25.4 Å². The van der Waals surface area contributed by atoms with E-state index in [9.17, 15) is 40.5 Å². The van der Waals surface area contributed by atoms with Crippen molar-refractivity contribution in [2.24, 2.45) is 0 Å². The molecule has 0 radical (unpaired) electrons. The van der Waals surface area contributed by atoms with Crippen molar-refractivity contribution < 1.29 is 50.0 Å². The second kappa shape index (κ2) is 50.2. The summed E-state index contributed by atoms with van der Waals surface area (Å²) in [5, 5.41) is 76.0. The van der Waals surface area contributed by atoms with Crippen LogP contribution in [0.3, 0.4) is 0 Å². The molecule has 11 nitrogen and oxygen atoms in total. The molecule has 424 valence electrons. The van der Waals surface area contributed by atoms with E-state index in [1.807, 2.05) is 0 Å². The molecule has 0 aromatic heterocycles. The second-order valence-electron chi connectivity index (χ2n) is 21.4. The molecule has 0 aromatic rings. The first kappa shape index (κ1) is 68.3. The van der Waals surface area contributed by atoms with Gasteiger partial charge in [-0.2, -0.15) is 0 Å². The maximum atomic E-state index is 13.1. The highest BCUT2D eigenvalue weighted by atomic mass is 16.7. The summed E-state index contributed by atoms with van der Waals surface area (Å²) in [6.45, 7) is 3.43. The van der Waals surface area contributed by atoms with Gasteiger partial charge in [0, 0.05) is 0 Å². The number of carbonyl (C=O) groups excluding carboxylic acids is 1. The molecular formula is C61H115NO10. The Bertz CT molecular complexity index is 1260. The van der Waals surface area contributed by atoms with Gasteiger partial charge in [0.1, 0.15) is 36.6 Å². The van der Waals surface area contributed by atoms with Crippen molar-refractivity contribution >= 4 is 5.91 Å². The van der Waals surface area contributed by atoms with E-state index in [4.69, 9.17) is 9.47 Å². The van der Waals surface area contributed by atoms with Crippen LogP contribution in [0.2, 0.25) is 0 Å². The van der Waals surface area contributed by atoms with E-state index in [0.717, 1.165) is 64.2 Å². The highest BCUT2D eigenvalue weighted by molar-refractivity contribution is 5.80. The molecule has 1 fully saturated rings. The van der Waals surface area contributed by atoms with E-state index in [2.05, 4.69) is 55.6 Å². The molecule has 1 amide bonds. The number of hydrogen-bond acceptors (Lipinski definition) is 10. The van der Waals surface area contributed by atoms with Crippen LogP contribution >= 0.6 is 0 Å². The van der Waals surface area contributed by atoms with Gasteiger partial charge in [0.2, 0.25) is 5.91 Å². The van der Waals surface area contributed by atoms with Gasteiger partial charge in [0.15, 0.2) is 6.29 Å². The lowest BCUT2D eigenvalue weighted by Crippen LogP contribution is -2.60. The number of ether oxygens (including phenoxy) is 2. The van der Waals surface area contributed by atoms with Gasteiger partial charge in [-0.1, -0.05) is 237 Å². The molecule has 1 aliphatic rings. The lowest BCUT2D eigenvalue weighted by molar-refractivity contribution is -0.303. The first-order valence-electron chi connectivity index (χ1n) is 30.4. The van der Waals surface area contributed by atoms with E-state index < -0.39 is 74.2 Å². The second-order valence-corrected chi connectivity index (χ2v) is 21.4. The number of unbranched alkanes of at least 4 members (excludes halogenated alkanes) is 34. The molecule has 72 heavy (non-hydrogen) atoms. The van der Waals surface area contributed by atoms with Crippen LogP contribution in [0.4, 0.5) is 0 Å². The molecule has 1 heterocycles. The van der Waals surface area contributed by atoms with Crippen molar-refractivity contribution in [2.45, 2.75) is 332 Å². The summed E-state index contributed by atoms with van der Waals surface area (Å²) in [4.78, 5) is 13.1. The molecule has 1 rings (SSSR count). The van der Waals surface area contributed by atoms with Gasteiger partial charge in [-0.25, -0.2) is 0 Å². The first-order chi connectivity index (χ1) is 35.2. The van der Waals surface area contributed by atoms with Gasteiger partial charge in [-0.15, -0.1) is 0 Å². The highest BCUT2D eigenvalue weighted by Crippen LogP contribution is 2.23. The number of hydrogen-bond donors (Lipinski definition) is 8. The molecule has 1 aliphatic heterocycles. The third-order valence-corrected chi connectivity index (χ3v) is 14.6. The van der Waals surface area contributed by atoms with Crippen LogP contribution in [0.25, 0.3) is 0 Å². The minimum absolute atomic E-state index is 0.243. The van der Waals surface area contributed by atoms with E-state index in [-0.39, 0.29) is 12.8 Å². The minimum atomic E-state index is -1.67. The fourth-order valence-corrected chi connectivity index (χ4v) is 9.69. The van der Waals surface area contributed by atoms with Crippen molar-refractivity contribution in [3.8, 4) is 0 Å². The minimum Gasteiger partial charge on any atom is -0.394 e. The van der Waals surface area contributed by atoms with Gasteiger partial charge < -0.3 is 50.5 Å². The van der Waals surface area contributed by atoms with Crippen molar-refractivity contribution in [1.29, 1.82) is 0 Å². The van der Waals surface area contributed by atoms with Gasteiger partial charge in [0.25, 0.3) is 0 Å². The van der Waals surface area contributed by atoms with Crippen molar-refractivity contribution in [3.63, 3.8) is 0 Å². The van der Waals surface area contributed by atoms with Crippen LogP contribution in [-0.4, -0.2) is 110 Å². The molecule has 11 heteroatoms. The predicted molar refractivity (Wildman–Crippen MR) is 298 cm³/mol. The first-order valence-corrected chi connectivity index (χ1v) is 30.4. The number of rotatable bonds is 52. The summed E-state index contributed by atoms with van der Waals surface area (Å²) < 4.78 is 11.1. The van der Waals surface area contributed by atoms with Crippen LogP contribution in [0, 0.1) is 0 Å². The third kappa shape index (κ3) is 38.0. The Kier molecular flexibility index (Phi) is 47.6. The van der Waals surface area contributed by atoms with Gasteiger partial charge in [-0.3, -0.25) is 4.79 Å². The Morgan fingerprint density at radius 1 is 0.472 bits per heavy atom. The normalized spacial score (nSPS) is 20.3. The fraction of sp³-hybridized carbons (Fsp3) is 0.885. The fourth-order valence-electron chi connectivity index (χ4n) is 9.69. The van der Waals surface area contributed by atoms with Crippen LogP contribution in [0.5, 0.6) is 0 Å².